The highest BCUT2D eigenvalue weighted by atomic mass is 16.5. The first-order valence-corrected chi connectivity index (χ1v) is 8.75. The number of amides is 1. The molecule has 1 aromatic carbocycles. The number of ether oxygens (including phenoxy) is 1. The summed E-state index contributed by atoms with van der Waals surface area (Å²) in [7, 11) is 1.60. The molecule has 0 radical (unpaired) electrons. The number of Topliss-reactive ketones (excluding diaryl/α,β-unsaturated/α-hetero) is 1. The number of nitrogen functional groups attached to an aromatic ring is 1. The van der Waals surface area contributed by atoms with Crippen LogP contribution in [0.2, 0.25) is 0 Å². The molecule has 0 unspecified atom stereocenters. The van der Waals surface area contributed by atoms with Crippen LogP contribution in [0.5, 0.6) is 5.75 Å². The van der Waals surface area contributed by atoms with Gasteiger partial charge in [0, 0.05) is 18.5 Å². The molecule has 4 rings (SSSR count). The number of aromatic nitrogens is 3. The fraction of sp³-hybridized carbons (Fsp3) is 0.316. The Bertz CT molecular complexity index is 1120. The molecule has 2 aromatic heterocycles. The highest BCUT2D eigenvalue weighted by Crippen LogP contribution is 2.38. The van der Waals surface area contributed by atoms with Gasteiger partial charge in [-0.2, -0.15) is 5.10 Å². The van der Waals surface area contributed by atoms with Crippen LogP contribution in [0.15, 0.2) is 12.1 Å². The SMILES string of the molecule is COc1ccc(C)c(-n2c(N)c(C(N)=O)c3c4n(nc32)CCCC4=O)c1C. The van der Waals surface area contributed by atoms with Crippen molar-refractivity contribution in [1.29, 1.82) is 0 Å². The number of hydrogen-bond acceptors (Lipinski definition) is 5. The lowest BCUT2D eigenvalue weighted by molar-refractivity contribution is 0.0953. The molecule has 1 aliphatic rings. The Morgan fingerprint density at radius 2 is 2.04 bits per heavy atom. The van der Waals surface area contributed by atoms with Gasteiger partial charge in [0.05, 0.1) is 23.7 Å². The van der Waals surface area contributed by atoms with E-state index in [1.54, 1.807) is 16.4 Å². The minimum atomic E-state index is -0.677. The zero-order valence-electron chi connectivity index (χ0n) is 15.5. The van der Waals surface area contributed by atoms with Gasteiger partial charge in [0.1, 0.15) is 17.3 Å². The number of primary amides is 1. The first-order chi connectivity index (χ1) is 12.9. The highest BCUT2D eigenvalue weighted by molar-refractivity contribution is 6.18. The normalized spacial score (nSPS) is 13.8. The summed E-state index contributed by atoms with van der Waals surface area (Å²) in [6.07, 6.45) is 1.13. The Hall–Kier alpha value is -3.29. The molecular formula is C19H21N5O3. The topological polar surface area (TPSA) is 118 Å². The van der Waals surface area contributed by atoms with Crippen molar-refractivity contribution in [3.63, 3.8) is 0 Å². The zero-order chi connectivity index (χ0) is 19.5. The number of nitrogens with zero attached hydrogens (tertiary/aromatic N) is 3. The lowest BCUT2D eigenvalue weighted by Crippen LogP contribution is -2.20. The van der Waals surface area contributed by atoms with Gasteiger partial charge in [-0.1, -0.05) is 6.07 Å². The van der Waals surface area contributed by atoms with E-state index >= 15 is 0 Å². The first kappa shape index (κ1) is 17.1. The van der Waals surface area contributed by atoms with E-state index in [0.717, 1.165) is 16.8 Å². The van der Waals surface area contributed by atoms with Crippen molar-refractivity contribution in [1.82, 2.24) is 14.3 Å². The van der Waals surface area contributed by atoms with Gasteiger partial charge in [-0.3, -0.25) is 18.8 Å². The maximum Gasteiger partial charge on any atom is 0.253 e. The standard InChI is InChI=1S/C19H21N5O3/c1-9-6-7-12(27-3)10(2)15(9)24-17(20)14(18(21)26)13-16-11(25)5-4-8-23(16)22-19(13)24/h6-7H,4-5,8,20H2,1-3H3,(H2,21,26). The molecule has 1 amide bonds. The molecule has 3 aromatic rings. The Morgan fingerprint density at radius 1 is 1.30 bits per heavy atom. The van der Waals surface area contributed by atoms with Crippen molar-refractivity contribution in [2.24, 2.45) is 5.73 Å². The predicted octanol–water partition coefficient (Wildman–Crippen LogP) is 2.11. The van der Waals surface area contributed by atoms with Crippen molar-refractivity contribution in [3.8, 4) is 11.4 Å². The van der Waals surface area contributed by atoms with Crippen LogP contribution in [0.25, 0.3) is 16.7 Å². The van der Waals surface area contributed by atoms with Crippen LogP contribution in [-0.4, -0.2) is 33.1 Å². The number of nitrogens with two attached hydrogens (primary N) is 2. The van der Waals surface area contributed by atoms with Gasteiger partial charge in [-0.15, -0.1) is 0 Å². The second kappa shape index (κ2) is 5.87. The van der Waals surface area contributed by atoms with Gasteiger partial charge in [-0.25, -0.2) is 0 Å². The van der Waals surface area contributed by atoms with Crippen LogP contribution in [0.1, 0.15) is 44.8 Å². The lowest BCUT2D eigenvalue weighted by Gasteiger charge is -2.17. The molecule has 0 saturated carbocycles. The number of rotatable bonds is 3. The van der Waals surface area contributed by atoms with Crippen molar-refractivity contribution in [3.05, 3.63) is 34.5 Å². The van der Waals surface area contributed by atoms with Gasteiger partial charge in [0.2, 0.25) is 0 Å². The van der Waals surface area contributed by atoms with Gasteiger partial charge < -0.3 is 16.2 Å². The monoisotopic (exact) mass is 367 g/mol. The summed E-state index contributed by atoms with van der Waals surface area (Å²) in [6.45, 7) is 4.47. The molecule has 140 valence electrons. The second-order valence-electron chi connectivity index (χ2n) is 6.82. The fourth-order valence-electron chi connectivity index (χ4n) is 4.00. The van der Waals surface area contributed by atoms with E-state index in [0.29, 0.717) is 41.9 Å². The molecule has 3 heterocycles. The summed E-state index contributed by atoms with van der Waals surface area (Å²) in [5.41, 5.74) is 15.6. The molecule has 0 bridgehead atoms. The van der Waals surface area contributed by atoms with E-state index in [9.17, 15) is 9.59 Å². The number of carbonyl (C=O) groups is 2. The molecule has 0 aliphatic carbocycles. The van der Waals surface area contributed by atoms with Crippen LogP contribution in [0, 0.1) is 13.8 Å². The third-order valence-corrected chi connectivity index (χ3v) is 5.20. The third-order valence-electron chi connectivity index (χ3n) is 5.20. The maximum atomic E-state index is 12.5. The molecule has 1 aliphatic heterocycles. The van der Waals surface area contributed by atoms with Gasteiger partial charge in [0.25, 0.3) is 5.91 Å². The number of methoxy groups -OCH3 is 1. The number of anilines is 1. The van der Waals surface area contributed by atoms with Crippen molar-refractivity contribution < 1.29 is 14.3 Å². The van der Waals surface area contributed by atoms with Gasteiger partial charge >= 0.3 is 0 Å². The number of aryl methyl sites for hydroxylation is 2. The number of hydrogen-bond donors (Lipinski definition) is 2. The van der Waals surface area contributed by atoms with Crippen LogP contribution >= 0.6 is 0 Å². The lowest BCUT2D eigenvalue weighted by atomic mass is 10.0. The predicted molar refractivity (Wildman–Crippen MR) is 102 cm³/mol. The fourth-order valence-corrected chi connectivity index (χ4v) is 4.00. The van der Waals surface area contributed by atoms with E-state index in [4.69, 9.17) is 16.2 Å². The van der Waals surface area contributed by atoms with E-state index < -0.39 is 5.91 Å². The number of benzene rings is 1. The Balaban J connectivity index is 2.17. The summed E-state index contributed by atoms with van der Waals surface area (Å²) in [4.78, 5) is 24.8. The smallest absolute Gasteiger partial charge is 0.253 e. The quantitative estimate of drug-likeness (QED) is 0.735. The average Bonchev–Trinajstić information content (AvgIpc) is 3.10. The Kier molecular flexibility index (Phi) is 3.73. The maximum absolute atomic E-state index is 12.5. The largest absolute Gasteiger partial charge is 0.496 e. The van der Waals surface area contributed by atoms with E-state index in [-0.39, 0.29) is 17.2 Å². The third kappa shape index (κ3) is 2.26. The van der Waals surface area contributed by atoms with Crippen LogP contribution in [-0.2, 0) is 6.54 Å². The zero-order valence-corrected chi connectivity index (χ0v) is 15.5. The highest BCUT2D eigenvalue weighted by Gasteiger charge is 2.32. The molecule has 27 heavy (non-hydrogen) atoms. The molecule has 8 nitrogen and oxygen atoms in total. The summed E-state index contributed by atoms with van der Waals surface area (Å²) in [5.74, 6) is 0.143. The summed E-state index contributed by atoms with van der Waals surface area (Å²) < 4.78 is 8.81. The van der Waals surface area contributed by atoms with Gasteiger partial charge in [0.15, 0.2) is 11.4 Å². The molecular weight excluding hydrogens is 346 g/mol. The van der Waals surface area contributed by atoms with E-state index in [1.165, 1.54) is 0 Å². The number of fused-ring (bicyclic) bond motifs is 3. The van der Waals surface area contributed by atoms with Gasteiger partial charge in [-0.05, 0) is 31.9 Å². The molecule has 8 heteroatoms. The number of ketones is 1. The molecule has 0 saturated heterocycles. The summed E-state index contributed by atoms with van der Waals surface area (Å²) >= 11 is 0. The minimum absolute atomic E-state index is 0.0533. The number of carbonyl (C=O) groups excluding carboxylic acids is 2. The molecule has 4 N–H and O–H groups in total. The summed E-state index contributed by atoms with van der Waals surface area (Å²) in [5, 5.41) is 5.05. The molecule has 0 fully saturated rings. The minimum Gasteiger partial charge on any atom is -0.496 e. The Labute approximate surface area is 155 Å². The van der Waals surface area contributed by atoms with E-state index in [2.05, 4.69) is 5.10 Å². The average molecular weight is 367 g/mol. The first-order valence-electron chi connectivity index (χ1n) is 8.75. The summed E-state index contributed by atoms with van der Waals surface area (Å²) in [6, 6.07) is 3.79. The Morgan fingerprint density at radius 3 is 2.70 bits per heavy atom. The van der Waals surface area contributed by atoms with E-state index in [1.807, 2.05) is 26.0 Å². The van der Waals surface area contributed by atoms with Crippen molar-refractivity contribution >= 4 is 28.5 Å². The van der Waals surface area contributed by atoms with Crippen LogP contribution in [0.4, 0.5) is 5.82 Å². The molecule has 0 spiro atoms. The van der Waals surface area contributed by atoms with Crippen LogP contribution < -0.4 is 16.2 Å². The van der Waals surface area contributed by atoms with Crippen LogP contribution in [0.3, 0.4) is 0 Å². The second-order valence-corrected chi connectivity index (χ2v) is 6.82. The van der Waals surface area contributed by atoms with Crippen molar-refractivity contribution in [2.75, 3.05) is 12.8 Å². The molecule has 0 atom stereocenters. The van der Waals surface area contributed by atoms with Crippen molar-refractivity contribution in [2.45, 2.75) is 33.2 Å².